The van der Waals surface area contributed by atoms with Crippen molar-refractivity contribution in [2.24, 2.45) is 4.99 Å². The fourth-order valence-electron chi connectivity index (χ4n) is 2.50. The predicted molar refractivity (Wildman–Crippen MR) is 77.4 cm³/mol. The van der Waals surface area contributed by atoms with Gasteiger partial charge in [0.2, 0.25) is 6.08 Å². The second-order valence-corrected chi connectivity index (χ2v) is 5.62. The number of aliphatic imine (C=N–C) groups is 1. The normalized spacial score (nSPS) is 16.2. The minimum absolute atomic E-state index is 0.0292. The van der Waals surface area contributed by atoms with Crippen molar-refractivity contribution in [3.63, 3.8) is 0 Å². The number of halogens is 1. The van der Waals surface area contributed by atoms with E-state index in [2.05, 4.69) is 4.99 Å². The Balaban J connectivity index is 2.63. The van der Waals surface area contributed by atoms with E-state index in [4.69, 9.17) is 21.1 Å². The lowest BCUT2D eigenvalue weighted by molar-refractivity contribution is 0.203. The fraction of sp³-hybridized carbons (Fsp3) is 0.533. The summed E-state index contributed by atoms with van der Waals surface area (Å²) in [7, 11) is 1.58. The van der Waals surface area contributed by atoms with Crippen molar-refractivity contribution in [3.05, 3.63) is 22.7 Å². The maximum Gasteiger partial charge on any atom is 0.235 e. The average molecular weight is 296 g/mol. The van der Waals surface area contributed by atoms with E-state index in [-0.39, 0.29) is 6.10 Å². The van der Waals surface area contributed by atoms with E-state index in [0.717, 1.165) is 24.8 Å². The third-order valence-corrected chi connectivity index (χ3v) is 3.86. The van der Waals surface area contributed by atoms with Crippen LogP contribution in [0.15, 0.2) is 17.1 Å². The minimum atomic E-state index is -0.613. The maximum absolute atomic E-state index is 10.8. The van der Waals surface area contributed by atoms with Crippen LogP contribution in [0.3, 0.4) is 0 Å². The lowest BCUT2D eigenvalue weighted by Gasteiger charge is -2.39. The molecule has 1 saturated carbocycles. The van der Waals surface area contributed by atoms with Crippen LogP contribution in [0, 0.1) is 0 Å². The van der Waals surface area contributed by atoms with Crippen LogP contribution in [-0.2, 0) is 10.3 Å². The Morgan fingerprint density at radius 2 is 2.10 bits per heavy atom. The van der Waals surface area contributed by atoms with Crippen molar-refractivity contribution in [1.82, 2.24) is 0 Å². The Morgan fingerprint density at radius 3 is 2.55 bits per heavy atom. The van der Waals surface area contributed by atoms with Crippen LogP contribution < -0.4 is 9.47 Å². The zero-order valence-corrected chi connectivity index (χ0v) is 12.7. The molecule has 0 aromatic heterocycles. The van der Waals surface area contributed by atoms with Gasteiger partial charge in [0.15, 0.2) is 11.5 Å². The zero-order valence-electron chi connectivity index (χ0n) is 11.9. The lowest BCUT2D eigenvalue weighted by atomic mass is 9.72. The van der Waals surface area contributed by atoms with E-state index < -0.39 is 5.54 Å². The topological polar surface area (TPSA) is 47.9 Å². The van der Waals surface area contributed by atoms with E-state index in [1.54, 1.807) is 25.3 Å². The van der Waals surface area contributed by atoms with Crippen molar-refractivity contribution in [2.75, 3.05) is 7.11 Å². The number of hydrogen-bond donors (Lipinski definition) is 0. The van der Waals surface area contributed by atoms with Gasteiger partial charge in [-0.1, -0.05) is 11.6 Å². The molecule has 0 heterocycles. The van der Waals surface area contributed by atoms with Crippen molar-refractivity contribution in [1.29, 1.82) is 0 Å². The summed E-state index contributed by atoms with van der Waals surface area (Å²) in [5.74, 6) is 1.18. The molecule has 0 unspecified atom stereocenters. The average Bonchev–Trinajstić information content (AvgIpc) is 2.35. The quantitative estimate of drug-likeness (QED) is 0.612. The van der Waals surface area contributed by atoms with Gasteiger partial charge in [-0.2, -0.15) is 4.99 Å². The highest BCUT2D eigenvalue weighted by molar-refractivity contribution is 6.31. The van der Waals surface area contributed by atoms with Crippen LogP contribution in [0.25, 0.3) is 0 Å². The Bertz CT molecular complexity index is 546. The molecular formula is C15H18ClNO3. The molecule has 0 N–H and O–H groups in total. The molecule has 0 aliphatic heterocycles. The molecule has 20 heavy (non-hydrogen) atoms. The first-order valence-electron chi connectivity index (χ1n) is 6.67. The second kappa shape index (κ2) is 5.86. The van der Waals surface area contributed by atoms with Crippen LogP contribution in [-0.4, -0.2) is 19.3 Å². The maximum atomic E-state index is 10.8. The molecule has 0 amide bonds. The van der Waals surface area contributed by atoms with Crippen molar-refractivity contribution in [3.8, 4) is 11.5 Å². The zero-order chi connectivity index (χ0) is 14.8. The molecule has 1 aromatic rings. The molecule has 1 aliphatic carbocycles. The first-order valence-corrected chi connectivity index (χ1v) is 7.04. The van der Waals surface area contributed by atoms with Crippen molar-refractivity contribution >= 4 is 17.7 Å². The SMILES string of the molecule is COc1ccc(Cl)c(C2(N=C=O)CCC2)c1OC(C)C. The third kappa shape index (κ3) is 2.54. The first kappa shape index (κ1) is 14.9. The van der Waals surface area contributed by atoms with Gasteiger partial charge in [0, 0.05) is 5.56 Å². The van der Waals surface area contributed by atoms with Crippen molar-refractivity contribution < 1.29 is 14.3 Å². The number of carbonyl (C=O) groups excluding carboxylic acids is 1. The van der Waals surface area contributed by atoms with Crippen molar-refractivity contribution in [2.45, 2.75) is 44.8 Å². The van der Waals surface area contributed by atoms with E-state index in [9.17, 15) is 4.79 Å². The van der Waals surface area contributed by atoms with Gasteiger partial charge in [-0.05, 0) is 45.2 Å². The lowest BCUT2D eigenvalue weighted by Crippen LogP contribution is -2.33. The van der Waals surface area contributed by atoms with E-state index in [1.807, 2.05) is 13.8 Å². The summed E-state index contributed by atoms with van der Waals surface area (Å²) in [4.78, 5) is 14.8. The monoisotopic (exact) mass is 295 g/mol. The van der Waals surface area contributed by atoms with E-state index in [1.165, 1.54) is 0 Å². The Labute approximate surface area is 123 Å². The van der Waals surface area contributed by atoms with Crippen LogP contribution in [0.1, 0.15) is 38.7 Å². The molecule has 2 rings (SSSR count). The Morgan fingerprint density at radius 1 is 1.40 bits per heavy atom. The standard InChI is InChI=1S/C15H18ClNO3/c1-10(2)20-14-12(19-3)6-5-11(16)13(14)15(17-9-18)7-4-8-15/h5-6,10H,4,7-8H2,1-3H3. The Kier molecular flexibility index (Phi) is 4.36. The van der Waals surface area contributed by atoms with E-state index in [0.29, 0.717) is 16.5 Å². The van der Waals surface area contributed by atoms with Crippen LogP contribution in [0.2, 0.25) is 5.02 Å². The molecule has 0 bridgehead atoms. The van der Waals surface area contributed by atoms with Gasteiger partial charge in [-0.15, -0.1) is 0 Å². The molecule has 0 radical (unpaired) electrons. The van der Waals surface area contributed by atoms with E-state index >= 15 is 0 Å². The number of hydrogen-bond acceptors (Lipinski definition) is 4. The highest BCUT2D eigenvalue weighted by Crippen LogP contribution is 2.53. The fourth-order valence-corrected chi connectivity index (χ4v) is 2.83. The summed E-state index contributed by atoms with van der Waals surface area (Å²) in [6, 6.07) is 3.52. The number of isocyanates is 1. The van der Waals surface area contributed by atoms with Crippen LogP contribution in [0.5, 0.6) is 11.5 Å². The van der Waals surface area contributed by atoms with Gasteiger partial charge in [0.05, 0.1) is 18.2 Å². The summed E-state index contributed by atoms with van der Waals surface area (Å²) in [5, 5.41) is 0.542. The summed E-state index contributed by atoms with van der Waals surface area (Å²) < 4.78 is 11.2. The Hall–Kier alpha value is -1.51. The second-order valence-electron chi connectivity index (χ2n) is 5.21. The number of ether oxygens (including phenoxy) is 2. The van der Waals surface area contributed by atoms with Gasteiger partial charge < -0.3 is 9.47 Å². The van der Waals surface area contributed by atoms with Crippen LogP contribution in [0.4, 0.5) is 0 Å². The summed E-state index contributed by atoms with van der Waals surface area (Å²) in [6.45, 7) is 3.86. The third-order valence-electron chi connectivity index (χ3n) is 3.55. The predicted octanol–water partition coefficient (Wildman–Crippen LogP) is 3.85. The van der Waals surface area contributed by atoms with Gasteiger partial charge in [0.1, 0.15) is 5.54 Å². The summed E-state index contributed by atoms with van der Waals surface area (Å²) >= 11 is 6.35. The first-order chi connectivity index (χ1) is 9.54. The van der Waals surface area contributed by atoms with Gasteiger partial charge in [0.25, 0.3) is 0 Å². The smallest absolute Gasteiger partial charge is 0.235 e. The minimum Gasteiger partial charge on any atom is -0.493 e. The molecule has 4 nitrogen and oxygen atoms in total. The van der Waals surface area contributed by atoms with Gasteiger partial charge in [-0.3, -0.25) is 0 Å². The highest BCUT2D eigenvalue weighted by Gasteiger charge is 2.43. The number of nitrogens with zero attached hydrogens (tertiary/aromatic N) is 1. The molecule has 1 aromatic carbocycles. The molecule has 108 valence electrons. The van der Waals surface area contributed by atoms with Gasteiger partial charge in [-0.25, -0.2) is 4.79 Å². The number of rotatable bonds is 5. The molecule has 0 atom stereocenters. The number of methoxy groups -OCH3 is 1. The van der Waals surface area contributed by atoms with Gasteiger partial charge >= 0.3 is 0 Å². The van der Waals surface area contributed by atoms with Crippen LogP contribution >= 0.6 is 11.6 Å². The molecule has 1 aliphatic rings. The summed E-state index contributed by atoms with van der Waals surface area (Å²) in [5.41, 5.74) is 0.124. The summed E-state index contributed by atoms with van der Waals surface area (Å²) in [6.07, 6.45) is 4.18. The molecular weight excluding hydrogens is 278 g/mol. The molecule has 0 spiro atoms. The molecule has 5 heteroatoms. The number of benzene rings is 1. The molecule has 0 saturated heterocycles. The highest BCUT2D eigenvalue weighted by atomic mass is 35.5. The molecule has 1 fully saturated rings. The largest absolute Gasteiger partial charge is 0.493 e.